The Morgan fingerprint density at radius 2 is 1.43 bits per heavy atom. The number of hydrogen-bond donors (Lipinski definition) is 2. The second kappa shape index (κ2) is 11.7. The summed E-state index contributed by atoms with van der Waals surface area (Å²) >= 11 is 0. The number of ether oxygens (including phenoxy) is 2. The van der Waals surface area contributed by atoms with E-state index in [0.717, 1.165) is 24.3 Å². The van der Waals surface area contributed by atoms with Crippen molar-refractivity contribution in [2.24, 2.45) is 7.05 Å². The summed E-state index contributed by atoms with van der Waals surface area (Å²) in [5.41, 5.74) is -1.13. The molecule has 0 bridgehead atoms. The van der Waals surface area contributed by atoms with Gasteiger partial charge in [-0.25, -0.2) is 4.79 Å². The lowest BCUT2D eigenvalue weighted by Gasteiger charge is -2.37. The van der Waals surface area contributed by atoms with Gasteiger partial charge >= 0.3 is 18.8 Å². The van der Waals surface area contributed by atoms with Crippen molar-refractivity contribution in [3.05, 3.63) is 107 Å². The van der Waals surface area contributed by atoms with E-state index < -0.39 is 35.8 Å². The number of carbonyl (C=O) groups is 1. The van der Waals surface area contributed by atoms with Crippen LogP contribution in [0.4, 0.5) is 37.0 Å². The zero-order valence-corrected chi connectivity index (χ0v) is 21.6. The number of urea groups is 1. The maximum absolute atomic E-state index is 13.5. The van der Waals surface area contributed by atoms with E-state index in [0.29, 0.717) is 5.56 Å². The second-order valence-corrected chi connectivity index (χ2v) is 8.94. The number of amides is 2. The van der Waals surface area contributed by atoms with Crippen molar-refractivity contribution >= 4 is 11.8 Å². The number of anilines is 1. The van der Waals surface area contributed by atoms with E-state index in [-0.39, 0.29) is 28.9 Å². The molecule has 0 unspecified atom stereocenters. The van der Waals surface area contributed by atoms with Crippen molar-refractivity contribution in [2.75, 3.05) is 5.32 Å². The summed E-state index contributed by atoms with van der Waals surface area (Å²) in [5, 5.41) is 18.5. The highest BCUT2D eigenvalue weighted by Crippen LogP contribution is 2.38. The van der Waals surface area contributed by atoms with Crippen molar-refractivity contribution in [3.63, 3.8) is 0 Å². The van der Waals surface area contributed by atoms with Crippen LogP contribution in [0.25, 0.3) is 0 Å². The molecule has 4 rings (SSSR count). The summed E-state index contributed by atoms with van der Waals surface area (Å²) in [6.07, 6.45) is -9.01. The minimum Gasteiger partial charge on any atom is -0.406 e. The van der Waals surface area contributed by atoms with Crippen LogP contribution in [-0.4, -0.2) is 28.5 Å². The Balaban J connectivity index is 1.91. The lowest BCUT2D eigenvalue weighted by atomic mass is 9.77. The second-order valence-electron chi connectivity index (χ2n) is 8.94. The topological polar surface area (TPSA) is 101 Å². The third kappa shape index (κ3) is 7.30. The maximum Gasteiger partial charge on any atom is 0.573 e. The molecule has 3 aromatic carbocycles. The molecule has 14 heteroatoms. The molecule has 0 spiro atoms. The van der Waals surface area contributed by atoms with E-state index in [1.54, 1.807) is 30.3 Å². The lowest BCUT2D eigenvalue weighted by molar-refractivity contribution is -0.275. The molecule has 2 amide bonds. The Hall–Kier alpha value is -5.19. The fourth-order valence-corrected chi connectivity index (χ4v) is 4.38. The molecule has 0 fully saturated rings. The van der Waals surface area contributed by atoms with Gasteiger partial charge < -0.3 is 14.8 Å². The highest BCUT2D eigenvalue weighted by atomic mass is 19.4. The van der Waals surface area contributed by atoms with Crippen LogP contribution in [0.5, 0.6) is 11.5 Å². The molecule has 1 aromatic heterocycles. The van der Waals surface area contributed by atoms with Gasteiger partial charge in [0.05, 0.1) is 11.7 Å². The number of aryl methyl sites for hydroxylation is 1. The first kappa shape index (κ1) is 29.8. The van der Waals surface area contributed by atoms with Crippen LogP contribution in [0.2, 0.25) is 0 Å². The van der Waals surface area contributed by atoms with Gasteiger partial charge in [0.15, 0.2) is 0 Å². The molecule has 0 aliphatic rings. The van der Waals surface area contributed by atoms with Gasteiger partial charge in [-0.15, -0.1) is 26.3 Å². The number of halogens is 6. The molecular formula is C28H21F6N5O3. The predicted octanol–water partition coefficient (Wildman–Crippen LogP) is 6.40. The number of carbonyl (C=O) groups excluding carboxylic acids is 1. The monoisotopic (exact) mass is 589 g/mol. The van der Waals surface area contributed by atoms with Crippen LogP contribution < -0.4 is 20.1 Å². The molecule has 218 valence electrons. The number of rotatable bonds is 8. The Morgan fingerprint density at radius 1 is 0.881 bits per heavy atom. The van der Waals surface area contributed by atoms with E-state index in [4.69, 9.17) is 0 Å². The Labute approximate surface area is 235 Å². The van der Waals surface area contributed by atoms with Gasteiger partial charge in [0.25, 0.3) is 0 Å². The van der Waals surface area contributed by atoms with Crippen LogP contribution in [0.3, 0.4) is 0 Å². The van der Waals surface area contributed by atoms with Gasteiger partial charge in [-0.2, -0.15) is 10.4 Å². The molecule has 0 radical (unpaired) electrons. The zero-order valence-electron chi connectivity index (χ0n) is 21.6. The fraction of sp³-hybridized carbons (Fsp3) is 0.179. The first-order valence-electron chi connectivity index (χ1n) is 12.1. The summed E-state index contributed by atoms with van der Waals surface area (Å²) in [5.74, 6) is -1.24. The molecule has 0 saturated carbocycles. The normalized spacial score (nSPS) is 11.9. The molecule has 0 aliphatic heterocycles. The number of benzene rings is 3. The van der Waals surface area contributed by atoms with Crippen LogP contribution in [0, 0.1) is 11.3 Å². The molecule has 1 heterocycles. The predicted molar refractivity (Wildman–Crippen MR) is 137 cm³/mol. The molecular weight excluding hydrogens is 568 g/mol. The summed E-state index contributed by atoms with van der Waals surface area (Å²) in [6, 6.07) is 18.8. The first-order chi connectivity index (χ1) is 19.8. The van der Waals surface area contributed by atoms with Crippen molar-refractivity contribution in [3.8, 4) is 17.6 Å². The van der Waals surface area contributed by atoms with E-state index in [1.165, 1.54) is 42.2 Å². The standard InChI is InChI=1S/C28H21F6N5O3/c1-39-24(19(16-35)17-36-39)37-25(40)38-26(15-18-7-3-2-4-8-18,20-9-5-11-22(13-20)41-27(29,30)31)21-10-6-12-23(14-21)42-28(32,33)34/h2-14,17H,15H2,1H3,(H2,37,38,40). The van der Waals surface area contributed by atoms with E-state index in [1.807, 2.05) is 6.07 Å². The van der Waals surface area contributed by atoms with Crippen LogP contribution in [0.1, 0.15) is 22.3 Å². The molecule has 2 N–H and O–H groups in total. The molecule has 42 heavy (non-hydrogen) atoms. The van der Waals surface area contributed by atoms with Crippen molar-refractivity contribution in [2.45, 2.75) is 24.7 Å². The molecule has 0 saturated heterocycles. The number of hydrogen-bond acceptors (Lipinski definition) is 5. The minimum atomic E-state index is -5.04. The highest BCUT2D eigenvalue weighted by Gasteiger charge is 2.39. The quantitative estimate of drug-likeness (QED) is 0.232. The Kier molecular flexibility index (Phi) is 8.32. The Morgan fingerprint density at radius 3 is 1.93 bits per heavy atom. The minimum absolute atomic E-state index is 0.00641. The first-order valence-corrected chi connectivity index (χ1v) is 12.1. The third-order valence-electron chi connectivity index (χ3n) is 6.05. The number of aromatic nitrogens is 2. The van der Waals surface area contributed by atoms with Crippen molar-refractivity contribution in [1.29, 1.82) is 5.26 Å². The number of alkyl halides is 6. The number of nitrogens with zero attached hydrogens (tertiary/aromatic N) is 3. The highest BCUT2D eigenvalue weighted by molar-refractivity contribution is 5.90. The Bertz CT molecular complexity index is 1540. The molecule has 0 aliphatic carbocycles. The molecule has 4 aromatic rings. The average Bonchev–Trinajstić information content (AvgIpc) is 3.26. The summed E-state index contributed by atoms with van der Waals surface area (Å²) in [7, 11) is 1.46. The number of nitriles is 1. The molecule has 8 nitrogen and oxygen atoms in total. The maximum atomic E-state index is 13.5. The van der Waals surface area contributed by atoms with Gasteiger partial charge in [-0.1, -0.05) is 54.6 Å². The van der Waals surface area contributed by atoms with Gasteiger partial charge in [-0.3, -0.25) is 10.00 Å². The van der Waals surface area contributed by atoms with Gasteiger partial charge in [0, 0.05) is 13.5 Å². The average molecular weight is 589 g/mol. The third-order valence-corrected chi connectivity index (χ3v) is 6.05. The molecule has 0 atom stereocenters. The van der Waals surface area contributed by atoms with Gasteiger partial charge in [-0.05, 0) is 41.0 Å². The van der Waals surface area contributed by atoms with Gasteiger partial charge in [0.2, 0.25) is 0 Å². The van der Waals surface area contributed by atoms with Crippen molar-refractivity contribution < 1.29 is 40.6 Å². The van der Waals surface area contributed by atoms with Crippen LogP contribution in [0.15, 0.2) is 85.1 Å². The summed E-state index contributed by atoms with van der Waals surface area (Å²) in [4.78, 5) is 13.5. The van der Waals surface area contributed by atoms with E-state index in [2.05, 4.69) is 25.2 Å². The van der Waals surface area contributed by atoms with Gasteiger partial charge in [0.1, 0.15) is 28.9 Å². The summed E-state index contributed by atoms with van der Waals surface area (Å²) in [6.45, 7) is 0. The van der Waals surface area contributed by atoms with E-state index >= 15 is 0 Å². The zero-order chi connectivity index (χ0) is 30.5. The smallest absolute Gasteiger partial charge is 0.406 e. The van der Waals surface area contributed by atoms with Crippen LogP contribution in [-0.2, 0) is 19.0 Å². The van der Waals surface area contributed by atoms with Crippen molar-refractivity contribution in [1.82, 2.24) is 15.1 Å². The largest absolute Gasteiger partial charge is 0.573 e. The van der Waals surface area contributed by atoms with Crippen LogP contribution >= 0.6 is 0 Å². The number of nitrogens with one attached hydrogen (secondary N) is 2. The SMILES string of the molecule is Cn1ncc(C#N)c1NC(=O)NC(Cc1ccccc1)(c1cccc(OC(F)(F)F)c1)c1cccc(OC(F)(F)F)c1. The van der Waals surface area contributed by atoms with E-state index in [9.17, 15) is 36.4 Å². The lowest BCUT2D eigenvalue weighted by Crippen LogP contribution is -2.50. The summed E-state index contributed by atoms with van der Waals surface area (Å²) < 4.78 is 88.1. The fourth-order valence-electron chi connectivity index (χ4n) is 4.38.